The number of hydrogen-bond acceptors (Lipinski definition) is 3. The first-order valence-electron chi connectivity index (χ1n) is 7.70. The summed E-state index contributed by atoms with van der Waals surface area (Å²) >= 11 is 3.54. The number of ether oxygens (including phenoxy) is 1. The average molecular weight is 337 g/mol. The molecule has 3 aliphatic rings. The Balaban J connectivity index is 1.39. The second-order valence-electron chi connectivity index (χ2n) is 6.38. The van der Waals surface area contributed by atoms with E-state index < -0.39 is 0 Å². The highest BCUT2D eigenvalue weighted by molar-refractivity contribution is 9.10. The van der Waals surface area contributed by atoms with Crippen molar-refractivity contribution in [2.45, 2.75) is 43.9 Å². The van der Waals surface area contributed by atoms with Gasteiger partial charge in [0.05, 0.1) is 0 Å². The van der Waals surface area contributed by atoms with Crippen LogP contribution in [0.2, 0.25) is 0 Å². The minimum atomic E-state index is 0.330. The maximum Gasteiger partial charge on any atom is 0.123 e. The Morgan fingerprint density at radius 3 is 3.10 bits per heavy atom. The summed E-state index contributed by atoms with van der Waals surface area (Å²) in [5.41, 5.74) is 1.35. The number of rotatable bonds is 2. The van der Waals surface area contributed by atoms with E-state index in [1.165, 1.54) is 37.9 Å². The fourth-order valence-corrected chi connectivity index (χ4v) is 4.27. The molecule has 20 heavy (non-hydrogen) atoms. The molecule has 3 nitrogen and oxygen atoms in total. The first-order valence-corrected chi connectivity index (χ1v) is 8.49. The van der Waals surface area contributed by atoms with E-state index in [2.05, 4.69) is 44.3 Å². The Morgan fingerprint density at radius 2 is 2.15 bits per heavy atom. The van der Waals surface area contributed by atoms with Crippen molar-refractivity contribution >= 4 is 15.9 Å². The Bertz CT molecular complexity index is 507. The van der Waals surface area contributed by atoms with Crippen LogP contribution in [-0.4, -0.2) is 42.7 Å². The smallest absolute Gasteiger partial charge is 0.123 e. The molecule has 0 amide bonds. The Labute approximate surface area is 128 Å². The van der Waals surface area contributed by atoms with E-state index >= 15 is 0 Å². The van der Waals surface area contributed by atoms with Crippen LogP contribution in [0.4, 0.5) is 0 Å². The zero-order valence-electron chi connectivity index (χ0n) is 11.6. The molecule has 1 N–H and O–H groups in total. The fraction of sp³-hybridized carbons (Fsp3) is 0.625. The predicted octanol–water partition coefficient (Wildman–Crippen LogP) is 2.58. The number of nitrogens with zero attached hydrogens (tertiary/aromatic N) is 1. The van der Waals surface area contributed by atoms with Gasteiger partial charge >= 0.3 is 0 Å². The van der Waals surface area contributed by atoms with Gasteiger partial charge in [0.1, 0.15) is 11.9 Å². The van der Waals surface area contributed by atoms with Crippen molar-refractivity contribution in [1.29, 1.82) is 0 Å². The van der Waals surface area contributed by atoms with Crippen molar-refractivity contribution in [2.75, 3.05) is 19.6 Å². The monoisotopic (exact) mass is 336 g/mol. The molecular formula is C16H21BrN2O. The molecule has 2 fully saturated rings. The van der Waals surface area contributed by atoms with Gasteiger partial charge in [-0.1, -0.05) is 15.9 Å². The van der Waals surface area contributed by atoms with E-state index in [-0.39, 0.29) is 0 Å². The average Bonchev–Trinajstić information content (AvgIpc) is 2.95. The normalized spacial score (nSPS) is 32.8. The molecule has 108 valence electrons. The molecule has 1 aromatic rings. The first kappa shape index (κ1) is 13.1. The predicted molar refractivity (Wildman–Crippen MR) is 83.3 cm³/mol. The first-order chi connectivity index (χ1) is 9.76. The quantitative estimate of drug-likeness (QED) is 0.898. The second-order valence-corrected chi connectivity index (χ2v) is 7.30. The molecule has 4 rings (SSSR count). The summed E-state index contributed by atoms with van der Waals surface area (Å²) in [6.07, 6.45) is 5.39. The van der Waals surface area contributed by atoms with Crippen molar-refractivity contribution in [3.8, 4) is 5.75 Å². The van der Waals surface area contributed by atoms with Crippen LogP contribution in [0.5, 0.6) is 5.75 Å². The van der Waals surface area contributed by atoms with Crippen LogP contribution in [-0.2, 0) is 6.42 Å². The molecule has 0 aromatic heterocycles. The molecule has 3 aliphatic heterocycles. The highest BCUT2D eigenvalue weighted by atomic mass is 79.9. The van der Waals surface area contributed by atoms with Crippen LogP contribution in [0, 0.1) is 0 Å². The zero-order chi connectivity index (χ0) is 13.5. The van der Waals surface area contributed by atoms with Gasteiger partial charge in [-0.15, -0.1) is 0 Å². The Morgan fingerprint density at radius 1 is 1.25 bits per heavy atom. The van der Waals surface area contributed by atoms with Crippen LogP contribution in [0.3, 0.4) is 0 Å². The molecule has 3 heterocycles. The van der Waals surface area contributed by atoms with Crippen LogP contribution in [0.15, 0.2) is 22.7 Å². The largest absolute Gasteiger partial charge is 0.488 e. The minimum absolute atomic E-state index is 0.330. The summed E-state index contributed by atoms with van der Waals surface area (Å²) in [5.74, 6) is 1.08. The lowest BCUT2D eigenvalue weighted by Gasteiger charge is -2.26. The molecule has 3 atom stereocenters. The highest BCUT2D eigenvalue weighted by Gasteiger charge is 2.31. The van der Waals surface area contributed by atoms with Gasteiger partial charge in [-0.2, -0.15) is 0 Å². The van der Waals surface area contributed by atoms with Crippen LogP contribution in [0.1, 0.15) is 24.8 Å². The molecule has 1 aromatic carbocycles. The van der Waals surface area contributed by atoms with Gasteiger partial charge in [-0.05, 0) is 49.6 Å². The molecule has 0 saturated carbocycles. The Kier molecular flexibility index (Phi) is 3.49. The van der Waals surface area contributed by atoms with Gasteiger partial charge < -0.3 is 10.1 Å². The standard InChI is InChI=1S/C16H21BrN2O/c17-12-1-4-16-11(7-12)8-15(20-16)10-19-6-5-13-2-3-14(9-19)18-13/h1,4,7,13-15,18H,2-3,5-6,8-10H2. The van der Waals surface area contributed by atoms with E-state index in [0.717, 1.165) is 29.2 Å². The molecule has 2 bridgehead atoms. The summed E-state index contributed by atoms with van der Waals surface area (Å²) in [7, 11) is 0. The SMILES string of the molecule is Brc1ccc2c(c1)CC(CN1CCC3CCC(C1)N3)O2. The van der Waals surface area contributed by atoms with E-state index in [0.29, 0.717) is 12.1 Å². The summed E-state index contributed by atoms with van der Waals surface area (Å²) in [5, 5.41) is 3.74. The number of fused-ring (bicyclic) bond motifs is 3. The summed E-state index contributed by atoms with van der Waals surface area (Å²) in [6, 6.07) is 7.82. The van der Waals surface area contributed by atoms with Gasteiger partial charge in [0.25, 0.3) is 0 Å². The van der Waals surface area contributed by atoms with Crippen molar-refractivity contribution in [1.82, 2.24) is 10.2 Å². The number of nitrogens with one attached hydrogen (secondary N) is 1. The third-order valence-electron chi connectivity index (χ3n) is 4.83. The van der Waals surface area contributed by atoms with Gasteiger partial charge in [0, 0.05) is 36.1 Å². The number of likely N-dealkylation sites (tertiary alicyclic amines) is 1. The molecule has 2 saturated heterocycles. The lowest BCUT2D eigenvalue weighted by molar-refractivity contribution is 0.146. The van der Waals surface area contributed by atoms with Crippen LogP contribution in [0.25, 0.3) is 0 Å². The second kappa shape index (κ2) is 5.32. The number of hydrogen-bond donors (Lipinski definition) is 1. The van der Waals surface area contributed by atoms with Gasteiger partial charge in [-0.3, -0.25) is 4.90 Å². The minimum Gasteiger partial charge on any atom is -0.488 e. The summed E-state index contributed by atoms with van der Waals surface area (Å²) in [4.78, 5) is 2.60. The maximum absolute atomic E-state index is 6.10. The van der Waals surface area contributed by atoms with E-state index in [1.807, 2.05) is 0 Å². The topological polar surface area (TPSA) is 24.5 Å². The van der Waals surface area contributed by atoms with Gasteiger partial charge in [0.2, 0.25) is 0 Å². The molecule has 3 unspecified atom stereocenters. The van der Waals surface area contributed by atoms with Gasteiger partial charge in [-0.25, -0.2) is 0 Å². The third-order valence-corrected chi connectivity index (χ3v) is 5.33. The molecule has 0 aliphatic carbocycles. The Hall–Kier alpha value is -0.580. The van der Waals surface area contributed by atoms with E-state index in [9.17, 15) is 0 Å². The molecular weight excluding hydrogens is 316 g/mol. The maximum atomic E-state index is 6.10. The van der Waals surface area contributed by atoms with E-state index in [1.54, 1.807) is 0 Å². The lowest BCUT2D eigenvalue weighted by Crippen LogP contribution is -2.40. The van der Waals surface area contributed by atoms with Crippen molar-refractivity contribution < 1.29 is 4.74 Å². The summed E-state index contributed by atoms with van der Waals surface area (Å²) < 4.78 is 7.25. The molecule has 4 heteroatoms. The van der Waals surface area contributed by atoms with Crippen molar-refractivity contribution in [2.24, 2.45) is 0 Å². The molecule has 0 radical (unpaired) electrons. The third kappa shape index (κ3) is 2.61. The zero-order valence-corrected chi connectivity index (χ0v) is 13.2. The van der Waals surface area contributed by atoms with E-state index in [4.69, 9.17) is 4.74 Å². The summed E-state index contributed by atoms with van der Waals surface area (Å²) in [6.45, 7) is 3.47. The lowest BCUT2D eigenvalue weighted by atomic mass is 10.1. The van der Waals surface area contributed by atoms with Crippen LogP contribution >= 0.6 is 15.9 Å². The molecule has 0 spiro atoms. The van der Waals surface area contributed by atoms with Crippen molar-refractivity contribution in [3.63, 3.8) is 0 Å². The number of benzene rings is 1. The van der Waals surface area contributed by atoms with Crippen molar-refractivity contribution in [3.05, 3.63) is 28.2 Å². The van der Waals surface area contributed by atoms with Gasteiger partial charge in [0.15, 0.2) is 0 Å². The highest BCUT2D eigenvalue weighted by Crippen LogP contribution is 2.32. The number of halogens is 1. The fourth-order valence-electron chi connectivity index (χ4n) is 3.86. The van der Waals surface area contributed by atoms with Crippen LogP contribution < -0.4 is 10.1 Å².